The van der Waals surface area contributed by atoms with Crippen molar-refractivity contribution in [3.63, 3.8) is 0 Å². The highest BCUT2D eigenvalue weighted by molar-refractivity contribution is 14.0. The van der Waals surface area contributed by atoms with E-state index in [1.807, 2.05) is 19.9 Å². The van der Waals surface area contributed by atoms with Crippen molar-refractivity contribution in [3.8, 4) is 0 Å². The minimum Gasteiger partial charge on any atom is -0.463 e. The van der Waals surface area contributed by atoms with Gasteiger partial charge in [0.15, 0.2) is 5.96 Å². The number of benzene rings is 1. The van der Waals surface area contributed by atoms with Crippen LogP contribution in [0.5, 0.6) is 0 Å². The number of aliphatic imine (C=N–C) groups is 1. The molecule has 0 spiro atoms. The molecule has 2 aromatic rings. The lowest BCUT2D eigenvalue weighted by Crippen LogP contribution is -2.40. The van der Waals surface area contributed by atoms with Gasteiger partial charge in [-0.1, -0.05) is 24.3 Å². The molecule has 1 aromatic heterocycles. The van der Waals surface area contributed by atoms with Gasteiger partial charge in [0.2, 0.25) is 0 Å². The molecule has 1 saturated carbocycles. The van der Waals surface area contributed by atoms with Gasteiger partial charge >= 0.3 is 0 Å². The van der Waals surface area contributed by atoms with E-state index in [0.717, 1.165) is 24.7 Å². The molecule has 1 heterocycles. The van der Waals surface area contributed by atoms with E-state index >= 15 is 0 Å². The van der Waals surface area contributed by atoms with Crippen LogP contribution in [0.4, 0.5) is 0 Å². The molecule has 0 bridgehead atoms. The molecule has 1 aliphatic carbocycles. The third kappa shape index (κ3) is 5.48. The lowest BCUT2D eigenvalue weighted by Gasteiger charge is -2.20. The number of aliphatic hydroxyl groups is 1. The van der Waals surface area contributed by atoms with Crippen molar-refractivity contribution in [2.24, 2.45) is 4.99 Å². The van der Waals surface area contributed by atoms with E-state index in [0.29, 0.717) is 17.7 Å². The highest BCUT2D eigenvalue weighted by Crippen LogP contribution is 2.42. The Labute approximate surface area is 178 Å². The largest absolute Gasteiger partial charge is 0.463 e. The number of rotatable bonds is 6. The quantitative estimate of drug-likeness (QED) is 0.332. The van der Waals surface area contributed by atoms with Crippen molar-refractivity contribution in [2.45, 2.75) is 51.7 Å². The summed E-state index contributed by atoms with van der Waals surface area (Å²) < 4.78 is 5.56. The van der Waals surface area contributed by atoms with Crippen molar-refractivity contribution < 1.29 is 9.52 Å². The maximum atomic E-state index is 10.7. The van der Waals surface area contributed by atoms with Crippen LogP contribution < -0.4 is 10.6 Å². The highest BCUT2D eigenvalue weighted by Gasteiger charge is 2.39. The maximum absolute atomic E-state index is 10.7. The zero-order valence-corrected chi connectivity index (χ0v) is 18.8. The number of aryl methyl sites for hydroxylation is 2. The van der Waals surface area contributed by atoms with Crippen LogP contribution in [0.2, 0.25) is 0 Å². The van der Waals surface area contributed by atoms with Crippen LogP contribution in [0.25, 0.3) is 0 Å². The molecule has 0 saturated heterocycles. The topological polar surface area (TPSA) is 69.8 Å². The molecule has 148 valence electrons. The van der Waals surface area contributed by atoms with Gasteiger partial charge in [-0.05, 0) is 57.4 Å². The van der Waals surface area contributed by atoms with Crippen LogP contribution in [0.3, 0.4) is 0 Å². The molecule has 6 heteroatoms. The normalized spacial score (nSPS) is 21.1. The van der Waals surface area contributed by atoms with E-state index in [-0.39, 0.29) is 30.5 Å². The summed E-state index contributed by atoms with van der Waals surface area (Å²) in [6.07, 6.45) is 1.10. The van der Waals surface area contributed by atoms with Crippen LogP contribution in [0.1, 0.15) is 48.8 Å². The molecule has 1 aliphatic rings. The van der Waals surface area contributed by atoms with E-state index in [1.165, 1.54) is 11.1 Å². The van der Waals surface area contributed by atoms with Crippen LogP contribution >= 0.6 is 24.0 Å². The second kappa shape index (κ2) is 9.10. The van der Waals surface area contributed by atoms with Gasteiger partial charge in [-0.3, -0.25) is 0 Å². The minimum absolute atomic E-state index is 0. The van der Waals surface area contributed by atoms with E-state index in [1.54, 1.807) is 13.0 Å². The van der Waals surface area contributed by atoms with Gasteiger partial charge in [0.25, 0.3) is 0 Å². The first-order valence-corrected chi connectivity index (χ1v) is 9.30. The Hall–Kier alpha value is -1.54. The Kier molecular flexibility index (Phi) is 7.33. The number of hydrogen-bond acceptors (Lipinski definition) is 3. The summed E-state index contributed by atoms with van der Waals surface area (Å²) in [6, 6.07) is 12.6. The third-order valence-corrected chi connectivity index (χ3v) is 4.86. The number of nitrogens with one attached hydrogen (secondary N) is 2. The first kappa shape index (κ1) is 21.8. The first-order chi connectivity index (χ1) is 12.4. The molecule has 0 aliphatic heterocycles. The predicted molar refractivity (Wildman–Crippen MR) is 120 cm³/mol. The molecule has 27 heavy (non-hydrogen) atoms. The Morgan fingerprint density at radius 3 is 2.63 bits per heavy atom. The highest BCUT2D eigenvalue weighted by atomic mass is 127. The third-order valence-electron chi connectivity index (χ3n) is 4.86. The monoisotopic (exact) mass is 483 g/mol. The molecular weight excluding hydrogens is 453 g/mol. The summed E-state index contributed by atoms with van der Waals surface area (Å²) in [5.41, 5.74) is 1.61. The predicted octanol–water partition coefficient (Wildman–Crippen LogP) is 3.83. The Morgan fingerprint density at radius 2 is 2.00 bits per heavy atom. The summed E-state index contributed by atoms with van der Waals surface area (Å²) >= 11 is 0. The van der Waals surface area contributed by atoms with Crippen molar-refractivity contribution in [3.05, 3.63) is 59.0 Å². The molecule has 1 aromatic carbocycles. The number of guanidine groups is 1. The summed E-state index contributed by atoms with van der Waals surface area (Å²) in [5.74, 6) is 2.58. The summed E-state index contributed by atoms with van der Waals surface area (Å²) in [5, 5.41) is 17.4. The van der Waals surface area contributed by atoms with Gasteiger partial charge in [-0.15, -0.1) is 24.0 Å². The van der Waals surface area contributed by atoms with Crippen LogP contribution in [-0.4, -0.2) is 30.2 Å². The van der Waals surface area contributed by atoms with E-state index in [9.17, 15) is 5.11 Å². The number of furan rings is 1. The van der Waals surface area contributed by atoms with Crippen LogP contribution in [-0.2, 0) is 5.60 Å². The van der Waals surface area contributed by atoms with Gasteiger partial charge in [-0.25, -0.2) is 4.99 Å². The SMILES string of the molecule is CCNC(=NCC(C)(O)c1ccc(C)o1)NC1CC1c1ccccc1C.I. The van der Waals surface area contributed by atoms with E-state index in [2.05, 4.69) is 46.8 Å². The lowest BCUT2D eigenvalue weighted by molar-refractivity contribution is 0.0428. The summed E-state index contributed by atoms with van der Waals surface area (Å²) in [4.78, 5) is 4.59. The second-order valence-corrected chi connectivity index (χ2v) is 7.33. The Morgan fingerprint density at radius 1 is 1.26 bits per heavy atom. The van der Waals surface area contributed by atoms with Crippen LogP contribution in [0.15, 0.2) is 45.8 Å². The van der Waals surface area contributed by atoms with Crippen molar-refractivity contribution in [2.75, 3.05) is 13.1 Å². The lowest BCUT2D eigenvalue weighted by atomic mass is 10.0. The van der Waals surface area contributed by atoms with Crippen molar-refractivity contribution in [1.82, 2.24) is 10.6 Å². The fourth-order valence-electron chi connectivity index (χ4n) is 3.23. The van der Waals surface area contributed by atoms with Gasteiger partial charge in [0.05, 0.1) is 6.54 Å². The fraction of sp³-hybridized carbons (Fsp3) is 0.476. The maximum Gasteiger partial charge on any atom is 0.191 e. The average molecular weight is 483 g/mol. The van der Waals surface area contributed by atoms with Gasteiger partial charge in [0.1, 0.15) is 17.1 Å². The molecule has 5 nitrogen and oxygen atoms in total. The molecule has 0 radical (unpaired) electrons. The Bertz CT molecular complexity index is 785. The smallest absolute Gasteiger partial charge is 0.191 e. The number of halogens is 1. The molecule has 3 atom stereocenters. The standard InChI is InChI=1S/C21H29N3O2.HI/c1-5-22-20(23-13-21(4,25)19-11-10-15(3)26-19)24-18-12-17(18)16-9-7-6-8-14(16)2;/h6-11,17-18,25H,5,12-13H2,1-4H3,(H2,22,23,24);1H. The zero-order valence-electron chi connectivity index (χ0n) is 16.5. The van der Waals surface area contributed by atoms with Gasteiger partial charge in [0, 0.05) is 18.5 Å². The summed E-state index contributed by atoms with van der Waals surface area (Å²) in [7, 11) is 0. The van der Waals surface area contributed by atoms with Crippen molar-refractivity contribution in [1.29, 1.82) is 0 Å². The number of nitrogens with zero attached hydrogens (tertiary/aromatic N) is 1. The summed E-state index contributed by atoms with van der Waals surface area (Å²) in [6.45, 7) is 8.80. The fourth-order valence-corrected chi connectivity index (χ4v) is 3.23. The van der Waals surface area contributed by atoms with Crippen molar-refractivity contribution >= 4 is 29.9 Å². The first-order valence-electron chi connectivity index (χ1n) is 9.30. The van der Waals surface area contributed by atoms with E-state index < -0.39 is 5.60 Å². The Balaban J connectivity index is 0.00000261. The average Bonchev–Trinajstić information content (AvgIpc) is 3.21. The van der Waals surface area contributed by atoms with Gasteiger partial charge < -0.3 is 20.2 Å². The molecule has 3 rings (SSSR count). The molecule has 0 amide bonds. The van der Waals surface area contributed by atoms with E-state index in [4.69, 9.17) is 4.42 Å². The molecule has 3 N–H and O–H groups in total. The minimum atomic E-state index is -1.13. The number of hydrogen-bond donors (Lipinski definition) is 3. The molecular formula is C21H30IN3O2. The van der Waals surface area contributed by atoms with Crippen LogP contribution in [0, 0.1) is 13.8 Å². The second-order valence-electron chi connectivity index (χ2n) is 7.33. The van der Waals surface area contributed by atoms with Gasteiger partial charge in [-0.2, -0.15) is 0 Å². The molecule has 3 unspecified atom stereocenters. The molecule has 1 fully saturated rings. The zero-order chi connectivity index (χ0) is 18.7.